The standard InChI is InChI=1S/C13H14O4/c14-6-1-3-11(15)10-4-5-12-13(9-10)17-8-2-7-16-12/h4-6,9H,1-3,7-8H2. The maximum absolute atomic E-state index is 11.7. The van der Waals surface area contributed by atoms with Crippen molar-refractivity contribution in [3.63, 3.8) is 0 Å². The Morgan fingerprint density at radius 3 is 2.76 bits per heavy atom. The fraction of sp³-hybridized carbons (Fsp3) is 0.385. The highest BCUT2D eigenvalue weighted by Crippen LogP contribution is 2.30. The van der Waals surface area contributed by atoms with Crippen molar-refractivity contribution in [2.75, 3.05) is 13.2 Å². The predicted octanol–water partition coefficient (Wildman–Crippen LogP) is 2.01. The van der Waals surface area contributed by atoms with Gasteiger partial charge in [0.1, 0.15) is 6.29 Å². The molecule has 1 aliphatic rings. The lowest BCUT2D eigenvalue weighted by Crippen LogP contribution is -2.01. The van der Waals surface area contributed by atoms with Crippen molar-refractivity contribution in [3.8, 4) is 11.5 Å². The molecule has 1 aromatic carbocycles. The van der Waals surface area contributed by atoms with Gasteiger partial charge in [0.05, 0.1) is 13.2 Å². The molecule has 4 nitrogen and oxygen atoms in total. The van der Waals surface area contributed by atoms with Crippen LogP contribution in [-0.2, 0) is 4.79 Å². The van der Waals surface area contributed by atoms with E-state index in [2.05, 4.69) is 0 Å². The lowest BCUT2D eigenvalue weighted by molar-refractivity contribution is -0.107. The van der Waals surface area contributed by atoms with Gasteiger partial charge in [-0.2, -0.15) is 0 Å². The van der Waals surface area contributed by atoms with Gasteiger partial charge in [-0.1, -0.05) is 0 Å². The number of hydrogen-bond acceptors (Lipinski definition) is 4. The van der Waals surface area contributed by atoms with Crippen molar-refractivity contribution in [1.29, 1.82) is 0 Å². The minimum atomic E-state index is -0.0484. The number of fused-ring (bicyclic) bond motifs is 1. The van der Waals surface area contributed by atoms with Crippen LogP contribution in [-0.4, -0.2) is 25.3 Å². The van der Waals surface area contributed by atoms with Gasteiger partial charge in [-0.3, -0.25) is 4.79 Å². The molecule has 1 aromatic rings. The number of rotatable bonds is 4. The van der Waals surface area contributed by atoms with Crippen LogP contribution in [0.25, 0.3) is 0 Å². The molecule has 4 heteroatoms. The molecule has 0 amide bonds. The highest BCUT2D eigenvalue weighted by molar-refractivity contribution is 5.97. The Labute approximate surface area is 99.5 Å². The van der Waals surface area contributed by atoms with Crippen LogP contribution in [0.2, 0.25) is 0 Å². The fourth-order valence-corrected chi connectivity index (χ4v) is 1.67. The number of ketones is 1. The molecular weight excluding hydrogens is 220 g/mol. The van der Waals surface area contributed by atoms with Gasteiger partial charge in [0.2, 0.25) is 0 Å². The average molecular weight is 234 g/mol. The number of hydrogen-bond donors (Lipinski definition) is 0. The maximum Gasteiger partial charge on any atom is 0.163 e. The summed E-state index contributed by atoms with van der Waals surface area (Å²) in [5, 5.41) is 0. The van der Waals surface area contributed by atoms with Crippen molar-refractivity contribution >= 4 is 12.1 Å². The van der Waals surface area contributed by atoms with Crippen molar-refractivity contribution in [3.05, 3.63) is 23.8 Å². The van der Waals surface area contributed by atoms with Crippen LogP contribution in [0.3, 0.4) is 0 Å². The first-order valence-electron chi connectivity index (χ1n) is 5.68. The number of carbonyl (C=O) groups excluding carboxylic acids is 2. The molecule has 0 bridgehead atoms. The van der Waals surface area contributed by atoms with E-state index in [0.717, 1.165) is 12.7 Å². The van der Waals surface area contributed by atoms with Gasteiger partial charge in [-0.05, 0) is 18.2 Å². The third-order valence-electron chi connectivity index (χ3n) is 2.56. The van der Waals surface area contributed by atoms with E-state index in [9.17, 15) is 9.59 Å². The Bertz CT molecular complexity index is 425. The number of ether oxygens (including phenoxy) is 2. The molecule has 0 aliphatic carbocycles. The minimum absolute atomic E-state index is 0.0484. The summed E-state index contributed by atoms with van der Waals surface area (Å²) in [6.07, 6.45) is 2.08. The Morgan fingerprint density at radius 2 is 2.00 bits per heavy atom. The van der Waals surface area contributed by atoms with Gasteiger partial charge in [0.15, 0.2) is 17.3 Å². The van der Waals surface area contributed by atoms with Crippen molar-refractivity contribution < 1.29 is 19.1 Å². The van der Waals surface area contributed by atoms with Crippen LogP contribution in [0.4, 0.5) is 0 Å². The molecule has 1 aliphatic heterocycles. The van der Waals surface area contributed by atoms with E-state index < -0.39 is 0 Å². The van der Waals surface area contributed by atoms with E-state index in [1.807, 2.05) is 0 Å². The van der Waals surface area contributed by atoms with Crippen LogP contribution in [0, 0.1) is 0 Å². The Morgan fingerprint density at radius 1 is 1.24 bits per heavy atom. The third-order valence-corrected chi connectivity index (χ3v) is 2.56. The molecule has 0 fully saturated rings. The van der Waals surface area contributed by atoms with E-state index in [1.165, 1.54) is 0 Å². The first-order chi connectivity index (χ1) is 8.31. The molecule has 0 spiro atoms. The number of carbonyl (C=O) groups is 2. The first kappa shape index (κ1) is 11.6. The summed E-state index contributed by atoms with van der Waals surface area (Å²) in [5.41, 5.74) is 0.566. The minimum Gasteiger partial charge on any atom is -0.490 e. The second kappa shape index (κ2) is 5.48. The molecule has 0 saturated heterocycles. The number of aldehydes is 1. The predicted molar refractivity (Wildman–Crippen MR) is 61.7 cm³/mol. The molecule has 0 unspecified atom stereocenters. The van der Waals surface area contributed by atoms with Gasteiger partial charge in [0, 0.05) is 24.8 Å². The highest BCUT2D eigenvalue weighted by Gasteiger charge is 2.13. The fourth-order valence-electron chi connectivity index (χ4n) is 1.67. The largest absolute Gasteiger partial charge is 0.490 e. The summed E-state index contributed by atoms with van der Waals surface area (Å²) < 4.78 is 11.0. The van der Waals surface area contributed by atoms with Gasteiger partial charge >= 0.3 is 0 Å². The summed E-state index contributed by atoms with van der Waals surface area (Å²) >= 11 is 0. The molecule has 2 rings (SSSR count). The van der Waals surface area contributed by atoms with E-state index in [1.54, 1.807) is 18.2 Å². The second-order valence-corrected chi connectivity index (χ2v) is 3.84. The quantitative estimate of drug-likeness (QED) is 0.590. The molecular formula is C13H14O4. The lowest BCUT2D eigenvalue weighted by Gasteiger charge is -2.08. The molecule has 90 valence electrons. The second-order valence-electron chi connectivity index (χ2n) is 3.84. The Kier molecular flexibility index (Phi) is 3.75. The van der Waals surface area contributed by atoms with E-state index in [0.29, 0.717) is 30.3 Å². The molecule has 0 aromatic heterocycles. The third kappa shape index (κ3) is 2.84. The number of Topliss-reactive ketones (excluding diaryl/α,β-unsaturated/α-hetero) is 1. The topological polar surface area (TPSA) is 52.6 Å². The van der Waals surface area contributed by atoms with Crippen molar-refractivity contribution in [2.24, 2.45) is 0 Å². The van der Waals surface area contributed by atoms with Crippen LogP contribution in [0.5, 0.6) is 11.5 Å². The van der Waals surface area contributed by atoms with Gasteiger partial charge < -0.3 is 14.3 Å². The molecule has 0 radical (unpaired) electrons. The average Bonchev–Trinajstić information content (AvgIpc) is 2.60. The Hall–Kier alpha value is -1.84. The Balaban J connectivity index is 2.17. The van der Waals surface area contributed by atoms with Crippen LogP contribution < -0.4 is 9.47 Å². The normalized spacial score (nSPS) is 13.9. The summed E-state index contributed by atoms with van der Waals surface area (Å²) in [4.78, 5) is 21.9. The molecule has 1 heterocycles. The highest BCUT2D eigenvalue weighted by atomic mass is 16.5. The summed E-state index contributed by atoms with van der Waals surface area (Å²) in [7, 11) is 0. The molecule has 0 atom stereocenters. The number of benzene rings is 1. The van der Waals surface area contributed by atoms with E-state index in [-0.39, 0.29) is 18.6 Å². The SMILES string of the molecule is O=CCCC(=O)c1ccc2c(c1)OCCCO2. The lowest BCUT2D eigenvalue weighted by atomic mass is 10.1. The molecule has 0 N–H and O–H groups in total. The summed E-state index contributed by atoms with van der Waals surface area (Å²) in [6.45, 7) is 1.23. The van der Waals surface area contributed by atoms with Gasteiger partial charge in [-0.15, -0.1) is 0 Å². The van der Waals surface area contributed by atoms with Crippen molar-refractivity contribution in [2.45, 2.75) is 19.3 Å². The van der Waals surface area contributed by atoms with E-state index >= 15 is 0 Å². The molecule has 0 saturated carbocycles. The smallest absolute Gasteiger partial charge is 0.163 e. The van der Waals surface area contributed by atoms with Crippen molar-refractivity contribution in [1.82, 2.24) is 0 Å². The monoisotopic (exact) mass is 234 g/mol. The van der Waals surface area contributed by atoms with Crippen LogP contribution in [0.15, 0.2) is 18.2 Å². The summed E-state index contributed by atoms with van der Waals surface area (Å²) in [6, 6.07) is 5.14. The van der Waals surface area contributed by atoms with Gasteiger partial charge in [-0.25, -0.2) is 0 Å². The molecule has 17 heavy (non-hydrogen) atoms. The zero-order chi connectivity index (χ0) is 12.1. The zero-order valence-electron chi connectivity index (χ0n) is 9.48. The first-order valence-corrected chi connectivity index (χ1v) is 5.68. The maximum atomic E-state index is 11.7. The van der Waals surface area contributed by atoms with Crippen LogP contribution >= 0.6 is 0 Å². The van der Waals surface area contributed by atoms with Crippen LogP contribution in [0.1, 0.15) is 29.6 Å². The summed E-state index contributed by atoms with van der Waals surface area (Å²) in [5.74, 6) is 1.24. The zero-order valence-corrected chi connectivity index (χ0v) is 9.48. The van der Waals surface area contributed by atoms with Gasteiger partial charge in [0.25, 0.3) is 0 Å². The van der Waals surface area contributed by atoms with E-state index in [4.69, 9.17) is 9.47 Å².